The molecule has 57 heavy (non-hydrogen) atoms. The Hall–Kier alpha value is -7.83. The zero-order valence-corrected chi connectivity index (χ0v) is 28.2. The Morgan fingerprint density at radius 1 is 0.333 bits per heavy atom. The van der Waals surface area contributed by atoms with E-state index in [1.165, 1.54) is 0 Å². The van der Waals surface area contributed by atoms with Crippen LogP contribution >= 0.6 is 0 Å². The Morgan fingerprint density at radius 3 is 1.09 bits per heavy atom. The predicted octanol–water partition coefficient (Wildman–Crippen LogP) is 12.5. The van der Waals surface area contributed by atoms with E-state index in [2.05, 4.69) is 15.0 Å². The Balaban J connectivity index is 1.31. The fourth-order valence-corrected chi connectivity index (χ4v) is 7.45. The van der Waals surface area contributed by atoms with Gasteiger partial charge in [0.25, 0.3) is 0 Å². The summed E-state index contributed by atoms with van der Waals surface area (Å²) in [7, 11) is 0. The summed E-state index contributed by atoms with van der Waals surface area (Å²) in [4.78, 5) is 13.9. The minimum Gasteiger partial charge on any atom is -0.308 e. The monoisotopic (exact) mass is 756 g/mol. The lowest BCUT2D eigenvalue weighted by Gasteiger charge is -2.14. The van der Waals surface area contributed by atoms with Crippen LogP contribution in [0.5, 0.6) is 0 Å². The molecule has 0 fully saturated rings. The molecule has 0 aliphatic carbocycles. The summed E-state index contributed by atoms with van der Waals surface area (Å²) in [5, 5.41) is -3.86. The zero-order chi connectivity index (χ0) is 63.3. The van der Waals surface area contributed by atoms with Gasteiger partial charge >= 0.3 is 0 Å². The van der Waals surface area contributed by atoms with E-state index in [0.717, 1.165) is 13.5 Å². The topological polar surface area (TPSA) is 52.9 Å². The smallest absolute Gasteiger partial charge is 0.240 e. The third-order valence-electron chi connectivity index (χ3n) is 9.72. The third-order valence-corrected chi connectivity index (χ3v) is 9.72. The highest BCUT2D eigenvalue weighted by atomic mass is 15.3. The van der Waals surface area contributed by atoms with E-state index >= 15 is 0 Å². The second-order valence-electron chi connectivity index (χ2n) is 12.6. The molecule has 6 nitrogen and oxygen atoms in total. The predicted molar refractivity (Wildman–Crippen MR) is 234 cm³/mol. The van der Waals surface area contributed by atoms with Crippen molar-refractivity contribution in [1.82, 2.24) is 28.5 Å². The fraction of sp³-hybridized carbons (Fsp3) is 0. The van der Waals surface area contributed by atoms with Crippen molar-refractivity contribution in [2.75, 3.05) is 0 Å². The first kappa shape index (κ1) is 13.7. The second-order valence-corrected chi connectivity index (χ2v) is 12.6. The molecular weight excluding hydrogens is 697 g/mol. The van der Waals surface area contributed by atoms with E-state index in [1.54, 1.807) is 0 Å². The van der Waals surface area contributed by atoms with Crippen LogP contribution in [0.2, 0.25) is 0 Å². The first-order valence-corrected chi connectivity index (χ1v) is 16.9. The molecule has 264 valence electrons. The van der Waals surface area contributed by atoms with Crippen LogP contribution in [-0.2, 0) is 0 Å². The van der Waals surface area contributed by atoms with Crippen molar-refractivity contribution in [3.63, 3.8) is 0 Å². The van der Waals surface area contributed by atoms with Gasteiger partial charge in [-0.15, -0.1) is 0 Å². The highest BCUT2D eigenvalue weighted by Crippen LogP contribution is 2.43. The molecule has 0 aliphatic rings. The minimum absolute atomic E-state index is 0.286. The lowest BCUT2D eigenvalue weighted by Crippen LogP contribution is -2.10. The van der Waals surface area contributed by atoms with Gasteiger partial charge < -0.3 is 4.40 Å². The number of hydrogen-bond acceptors (Lipinski definition) is 3. The Labute approximate surface area is 367 Å². The van der Waals surface area contributed by atoms with Crippen molar-refractivity contribution in [3.05, 3.63) is 181 Å². The van der Waals surface area contributed by atoms with Crippen molar-refractivity contribution in [2.24, 2.45) is 0 Å². The fourth-order valence-electron chi connectivity index (χ4n) is 7.45. The maximum atomic E-state index is 10.1. The highest BCUT2D eigenvalue weighted by Gasteiger charge is 2.23. The number of hydrogen-bond donors (Lipinski definition) is 0. The molecule has 0 radical (unpaired) electrons. The molecule has 0 saturated heterocycles. The van der Waals surface area contributed by atoms with Crippen molar-refractivity contribution < 1.29 is 41.1 Å². The Morgan fingerprint density at radius 2 is 0.667 bits per heavy atom. The third kappa shape index (κ3) is 4.16. The molecule has 8 aromatic carbocycles. The molecule has 0 spiro atoms. The molecule has 0 unspecified atom stereocenters. The summed E-state index contributed by atoms with van der Waals surface area (Å²) in [6.07, 6.45) is 0. The minimum atomic E-state index is -1.10. The summed E-state index contributed by atoms with van der Waals surface area (Å²) in [5.74, 6) is -2.93. The molecule has 5 aromatic heterocycles. The van der Waals surface area contributed by atoms with E-state index in [-0.39, 0.29) is 5.52 Å². The van der Waals surface area contributed by atoms with Gasteiger partial charge in [0.15, 0.2) is 5.82 Å². The molecule has 0 amide bonds. The van der Waals surface area contributed by atoms with Crippen LogP contribution in [0.4, 0.5) is 0 Å². The standard InChI is InChI=1S/C51H30N6/c1-2-22-39(32(15-1)31-29-40-37-20-7-9-23-42(37)55-43-24-10-8-21-38(43)41(30-31)48(40)55)49-52-50(56-44-25-11-3-16-33(44)34-17-4-12-26-45(34)56)54-51(53-49)57-46-27-13-5-18-35(46)36-19-6-14-28-47(36)57/h1-30H/i1D,2D,3D,4D,5D,6D,7D,8D,9D,10D,11D,12D,13D,14D,15D,16D,17D,18D,19D,20D,21D,22D,23D,24D,25D,26D,27D,28D,29D,30D. The Bertz CT molecular complexity index is 5090. The number of rotatable bonds is 4. The summed E-state index contributed by atoms with van der Waals surface area (Å²) in [5.41, 5.74) is -6.27. The number of benzene rings is 8. The van der Waals surface area contributed by atoms with Gasteiger partial charge in [0, 0.05) is 48.7 Å². The van der Waals surface area contributed by atoms with E-state index < -0.39 is 292 Å². The van der Waals surface area contributed by atoms with Gasteiger partial charge in [-0.2, -0.15) is 15.0 Å². The van der Waals surface area contributed by atoms with Gasteiger partial charge in [0.2, 0.25) is 11.9 Å². The number of nitrogens with zero attached hydrogens (tertiary/aromatic N) is 6. The van der Waals surface area contributed by atoms with Crippen molar-refractivity contribution in [3.8, 4) is 34.4 Å². The molecule has 0 N–H and O–H groups in total. The maximum Gasteiger partial charge on any atom is 0.240 e. The van der Waals surface area contributed by atoms with E-state index in [9.17, 15) is 13.7 Å². The van der Waals surface area contributed by atoms with Crippen LogP contribution in [0.15, 0.2) is 181 Å². The van der Waals surface area contributed by atoms with Gasteiger partial charge in [-0.25, -0.2) is 0 Å². The number of fused-ring (bicyclic) bond motifs is 12. The molecule has 0 bridgehead atoms. The first-order valence-electron chi connectivity index (χ1n) is 31.9. The molecule has 0 atom stereocenters. The molecule has 5 heterocycles. The lowest BCUT2D eigenvalue weighted by atomic mass is 9.95. The van der Waals surface area contributed by atoms with Gasteiger partial charge in [0.05, 0.1) is 79.7 Å². The lowest BCUT2D eigenvalue weighted by molar-refractivity contribution is 0.893. The molecular formula is C51H30N6. The van der Waals surface area contributed by atoms with Crippen molar-refractivity contribution in [1.29, 1.82) is 0 Å². The quantitative estimate of drug-likeness (QED) is 0.180. The molecule has 13 aromatic rings. The number of aromatic nitrogens is 6. The van der Waals surface area contributed by atoms with Crippen molar-refractivity contribution >= 4 is 81.7 Å². The van der Waals surface area contributed by atoms with Crippen LogP contribution in [0.1, 0.15) is 41.1 Å². The Kier molecular flexibility index (Phi) is 2.73. The first-order chi connectivity index (χ1) is 40.8. The van der Waals surface area contributed by atoms with Crippen LogP contribution in [0.3, 0.4) is 0 Å². The zero-order valence-electron chi connectivity index (χ0n) is 58.2. The molecule has 0 aliphatic heterocycles. The largest absolute Gasteiger partial charge is 0.308 e. The van der Waals surface area contributed by atoms with Crippen LogP contribution < -0.4 is 0 Å². The normalized spacial score (nSPS) is 19.6. The summed E-state index contributed by atoms with van der Waals surface area (Å²) in [6, 6.07) is -26.6. The average Bonchev–Trinajstić information content (AvgIpc) is 1.53. The van der Waals surface area contributed by atoms with Crippen LogP contribution in [-0.4, -0.2) is 28.5 Å². The SMILES string of the molecule is [2H]c1c([2H])c([2H])c(-c2c([2H])c3c4c([2H])c([2H])c([2H])c([2H])c4n4c5c([2H])c([2H])c([2H])c([2H])c5c(c2[2H])c34)c(-c2nc(-n3c4c([2H])c([2H])c([2H])c([2H])c4c4c([2H])c([2H])c([2H])c([2H])c43)nc(-n3c4c([2H])c([2H])c([2H])c([2H])c4c4c([2H])c([2H])c([2H])c([2H])c43)n2)c1[2H]. The van der Waals surface area contributed by atoms with Gasteiger partial charge in [-0.05, 0) is 59.5 Å². The highest BCUT2D eigenvalue weighted by molar-refractivity contribution is 6.24. The summed E-state index contributed by atoms with van der Waals surface area (Å²) >= 11 is 0. The molecule has 13 rings (SSSR count). The van der Waals surface area contributed by atoms with Gasteiger partial charge in [-0.3, -0.25) is 9.13 Å². The molecule has 6 heteroatoms. The van der Waals surface area contributed by atoms with Crippen LogP contribution in [0.25, 0.3) is 116 Å². The average molecular weight is 757 g/mol. The number of para-hydroxylation sites is 6. The van der Waals surface area contributed by atoms with Crippen molar-refractivity contribution in [2.45, 2.75) is 0 Å². The molecule has 0 saturated carbocycles. The van der Waals surface area contributed by atoms with E-state index in [0.29, 0.717) is 0 Å². The van der Waals surface area contributed by atoms with Crippen LogP contribution in [0, 0.1) is 0 Å². The second kappa shape index (κ2) is 11.4. The van der Waals surface area contributed by atoms with Gasteiger partial charge in [-0.1, -0.05) is 133 Å². The van der Waals surface area contributed by atoms with Gasteiger partial charge in [0.1, 0.15) is 0 Å². The maximum absolute atomic E-state index is 10.1. The summed E-state index contributed by atoms with van der Waals surface area (Å²) < 4.78 is 276. The van der Waals surface area contributed by atoms with E-state index in [1.807, 2.05) is 0 Å². The van der Waals surface area contributed by atoms with E-state index in [4.69, 9.17) is 27.4 Å². The summed E-state index contributed by atoms with van der Waals surface area (Å²) in [6.45, 7) is 0.